The Hall–Kier alpha value is -2.88. The highest BCUT2D eigenvalue weighted by Gasteiger charge is 2.04. The van der Waals surface area contributed by atoms with Gasteiger partial charge in [-0.1, -0.05) is 151 Å². The fourth-order valence-corrected chi connectivity index (χ4v) is 5.62. The van der Waals surface area contributed by atoms with Gasteiger partial charge in [-0.3, -0.25) is 9.59 Å². The molecule has 1 rings (SSSR count). The van der Waals surface area contributed by atoms with Crippen LogP contribution in [0.15, 0.2) is 72.9 Å². The van der Waals surface area contributed by atoms with E-state index < -0.39 is 0 Å². The van der Waals surface area contributed by atoms with Crippen molar-refractivity contribution in [3.63, 3.8) is 0 Å². The number of amides is 2. The molecule has 2 N–H and O–H groups in total. The number of hydrogen-bond acceptors (Lipinski definition) is 2. The van der Waals surface area contributed by atoms with Gasteiger partial charge in [0.1, 0.15) is 0 Å². The molecule has 0 aromatic heterocycles. The standard InChI is InChI=1S/C44H72N2O2/c1-3-5-7-9-11-13-15-17-19-21-23-25-27-29-31-36-43(47)45-39-41-34-33-35-42(38-41)40-46-44(48)37-32-30-28-26-24-22-20-18-16-14-12-10-8-6-4-2/h11-14,17-20,33-35,38H,3-10,15-16,21-32,36-37,39-40H2,1-2H3,(H,45,47)(H,46,48)/b13-11-,14-12-,19-17-,20-18-. The molecule has 2 amide bonds. The van der Waals surface area contributed by atoms with Crippen LogP contribution in [0.5, 0.6) is 0 Å². The van der Waals surface area contributed by atoms with E-state index >= 15 is 0 Å². The van der Waals surface area contributed by atoms with Crippen LogP contribution in [-0.2, 0) is 22.7 Å². The molecule has 1 aromatic rings. The number of carbonyl (C=O) groups is 2. The highest BCUT2D eigenvalue weighted by Crippen LogP contribution is 2.11. The molecule has 0 aliphatic carbocycles. The summed E-state index contributed by atoms with van der Waals surface area (Å²) < 4.78 is 0. The third-order valence-electron chi connectivity index (χ3n) is 8.68. The maximum absolute atomic E-state index is 12.3. The van der Waals surface area contributed by atoms with Gasteiger partial charge >= 0.3 is 0 Å². The molecule has 270 valence electrons. The average molecular weight is 661 g/mol. The van der Waals surface area contributed by atoms with Gasteiger partial charge in [0.15, 0.2) is 0 Å². The van der Waals surface area contributed by atoms with Crippen LogP contribution in [0.3, 0.4) is 0 Å². The molecular formula is C44H72N2O2. The van der Waals surface area contributed by atoms with E-state index in [0.29, 0.717) is 25.9 Å². The second-order valence-corrected chi connectivity index (χ2v) is 13.3. The van der Waals surface area contributed by atoms with Gasteiger partial charge in [-0.15, -0.1) is 0 Å². The highest BCUT2D eigenvalue weighted by atomic mass is 16.2. The summed E-state index contributed by atoms with van der Waals surface area (Å²) in [5.74, 6) is 0.244. The van der Waals surface area contributed by atoms with Crippen LogP contribution in [0.2, 0.25) is 0 Å². The minimum absolute atomic E-state index is 0.122. The molecule has 0 saturated heterocycles. The van der Waals surface area contributed by atoms with Crippen molar-refractivity contribution in [2.75, 3.05) is 0 Å². The monoisotopic (exact) mass is 661 g/mol. The van der Waals surface area contributed by atoms with Crippen LogP contribution >= 0.6 is 0 Å². The summed E-state index contributed by atoms with van der Waals surface area (Å²) in [4.78, 5) is 24.7. The SMILES string of the molecule is CCCCC/C=C\C/C=C\CCCCCCCC(=O)NCc1cccc(CNC(=O)CCCCCCC/C=C\C/C=C\CCCCC)c1. The van der Waals surface area contributed by atoms with Crippen molar-refractivity contribution in [2.45, 2.75) is 181 Å². The third kappa shape index (κ3) is 29.3. The number of benzene rings is 1. The molecule has 0 aliphatic heterocycles. The zero-order valence-electron chi connectivity index (χ0n) is 31.1. The Morgan fingerprint density at radius 1 is 0.479 bits per heavy atom. The largest absolute Gasteiger partial charge is 0.352 e. The second-order valence-electron chi connectivity index (χ2n) is 13.3. The van der Waals surface area contributed by atoms with Crippen molar-refractivity contribution in [3.8, 4) is 0 Å². The average Bonchev–Trinajstić information content (AvgIpc) is 3.10. The first-order valence-corrected chi connectivity index (χ1v) is 19.9. The fraction of sp³-hybridized carbons (Fsp3) is 0.636. The molecule has 0 bridgehead atoms. The third-order valence-corrected chi connectivity index (χ3v) is 8.68. The number of unbranched alkanes of at least 4 members (excludes halogenated alkanes) is 16. The van der Waals surface area contributed by atoms with Gasteiger partial charge in [0.05, 0.1) is 0 Å². The van der Waals surface area contributed by atoms with Gasteiger partial charge in [-0.25, -0.2) is 0 Å². The summed E-state index contributed by atoms with van der Waals surface area (Å²) in [5, 5.41) is 6.13. The fourth-order valence-electron chi connectivity index (χ4n) is 5.62. The Morgan fingerprint density at radius 2 is 0.833 bits per heavy atom. The Bertz CT molecular complexity index is 945. The van der Waals surface area contributed by atoms with Gasteiger partial charge in [0.2, 0.25) is 11.8 Å². The lowest BCUT2D eigenvalue weighted by molar-refractivity contribution is -0.122. The Kier molecular flexibility index (Phi) is 30.6. The maximum Gasteiger partial charge on any atom is 0.220 e. The number of allylic oxidation sites excluding steroid dienone is 8. The van der Waals surface area contributed by atoms with Gasteiger partial charge in [-0.05, 0) is 88.2 Å². The molecule has 0 aliphatic rings. The zero-order chi connectivity index (χ0) is 34.6. The predicted molar refractivity (Wildman–Crippen MR) is 209 cm³/mol. The van der Waals surface area contributed by atoms with Crippen LogP contribution in [0.1, 0.15) is 179 Å². The van der Waals surface area contributed by atoms with Crippen molar-refractivity contribution in [1.29, 1.82) is 0 Å². The lowest BCUT2D eigenvalue weighted by Gasteiger charge is -2.09. The molecule has 0 heterocycles. The molecule has 0 saturated carbocycles. The van der Waals surface area contributed by atoms with Gasteiger partial charge in [-0.2, -0.15) is 0 Å². The van der Waals surface area contributed by atoms with Crippen molar-refractivity contribution in [1.82, 2.24) is 10.6 Å². The maximum atomic E-state index is 12.3. The van der Waals surface area contributed by atoms with Gasteiger partial charge < -0.3 is 10.6 Å². The van der Waals surface area contributed by atoms with E-state index in [1.807, 2.05) is 18.2 Å². The van der Waals surface area contributed by atoms with Crippen LogP contribution in [0.4, 0.5) is 0 Å². The molecule has 0 fully saturated rings. The summed E-state index contributed by atoms with van der Waals surface area (Å²) in [5.41, 5.74) is 2.15. The molecule has 1 aromatic carbocycles. The summed E-state index contributed by atoms with van der Waals surface area (Å²) >= 11 is 0. The molecular weight excluding hydrogens is 588 g/mol. The molecule has 48 heavy (non-hydrogen) atoms. The topological polar surface area (TPSA) is 58.2 Å². The number of carbonyl (C=O) groups excluding carboxylic acids is 2. The molecule has 0 unspecified atom stereocenters. The van der Waals surface area contributed by atoms with Crippen LogP contribution in [0, 0.1) is 0 Å². The van der Waals surface area contributed by atoms with Crippen molar-refractivity contribution < 1.29 is 9.59 Å². The van der Waals surface area contributed by atoms with Crippen LogP contribution in [-0.4, -0.2) is 11.8 Å². The summed E-state index contributed by atoms with van der Waals surface area (Å²) in [7, 11) is 0. The summed E-state index contributed by atoms with van der Waals surface area (Å²) in [6.07, 6.45) is 45.7. The van der Waals surface area contributed by atoms with E-state index in [4.69, 9.17) is 0 Å². The molecule has 0 radical (unpaired) electrons. The summed E-state index contributed by atoms with van der Waals surface area (Å²) in [6, 6.07) is 8.15. The normalized spacial score (nSPS) is 11.9. The van der Waals surface area contributed by atoms with Crippen LogP contribution < -0.4 is 10.6 Å². The van der Waals surface area contributed by atoms with Crippen molar-refractivity contribution >= 4 is 11.8 Å². The Labute approximate surface area is 296 Å². The quantitative estimate of drug-likeness (QED) is 0.0597. The van der Waals surface area contributed by atoms with E-state index in [2.05, 4.69) is 79.2 Å². The second kappa shape index (κ2) is 34.0. The first-order valence-electron chi connectivity index (χ1n) is 19.9. The van der Waals surface area contributed by atoms with E-state index in [-0.39, 0.29) is 11.8 Å². The van der Waals surface area contributed by atoms with Crippen molar-refractivity contribution in [3.05, 3.63) is 84.0 Å². The smallest absolute Gasteiger partial charge is 0.220 e. The first kappa shape index (κ1) is 43.1. The zero-order valence-corrected chi connectivity index (χ0v) is 31.1. The highest BCUT2D eigenvalue weighted by molar-refractivity contribution is 5.76. The van der Waals surface area contributed by atoms with E-state index in [0.717, 1.165) is 62.5 Å². The number of hydrogen-bond donors (Lipinski definition) is 2. The minimum Gasteiger partial charge on any atom is -0.352 e. The lowest BCUT2D eigenvalue weighted by atomic mass is 10.1. The van der Waals surface area contributed by atoms with Gasteiger partial charge in [0, 0.05) is 25.9 Å². The molecule has 0 spiro atoms. The molecule has 0 atom stereocenters. The number of rotatable bonds is 32. The summed E-state index contributed by atoms with van der Waals surface area (Å²) in [6.45, 7) is 5.56. The minimum atomic E-state index is 0.122. The van der Waals surface area contributed by atoms with Gasteiger partial charge in [0.25, 0.3) is 0 Å². The van der Waals surface area contributed by atoms with Crippen LogP contribution in [0.25, 0.3) is 0 Å². The first-order chi connectivity index (χ1) is 23.7. The number of nitrogens with one attached hydrogen (secondary N) is 2. The van der Waals surface area contributed by atoms with Crippen molar-refractivity contribution in [2.24, 2.45) is 0 Å². The molecule has 4 nitrogen and oxygen atoms in total. The Balaban J connectivity index is 2.01. The van der Waals surface area contributed by atoms with E-state index in [1.54, 1.807) is 0 Å². The van der Waals surface area contributed by atoms with E-state index in [1.165, 1.54) is 89.9 Å². The van der Waals surface area contributed by atoms with E-state index in [9.17, 15) is 9.59 Å². The molecule has 4 heteroatoms. The lowest BCUT2D eigenvalue weighted by Crippen LogP contribution is -2.23. The Morgan fingerprint density at radius 3 is 1.23 bits per heavy atom. The predicted octanol–water partition coefficient (Wildman–Crippen LogP) is 12.5.